The lowest BCUT2D eigenvalue weighted by Crippen LogP contribution is -2.29. The van der Waals surface area contributed by atoms with Gasteiger partial charge in [-0.25, -0.2) is 0 Å². The van der Waals surface area contributed by atoms with Crippen molar-refractivity contribution in [3.05, 3.63) is 88.5 Å². The van der Waals surface area contributed by atoms with Crippen LogP contribution in [0.5, 0.6) is 28.7 Å². The highest BCUT2D eigenvalue weighted by atomic mass is 16.5. The average Bonchev–Trinajstić information content (AvgIpc) is 2.94. The van der Waals surface area contributed by atoms with Crippen molar-refractivity contribution in [3.63, 3.8) is 0 Å². The van der Waals surface area contributed by atoms with Gasteiger partial charge in [0, 0.05) is 28.7 Å². The van der Waals surface area contributed by atoms with E-state index in [-0.39, 0.29) is 11.7 Å². The molecule has 0 fully saturated rings. The van der Waals surface area contributed by atoms with E-state index in [0.29, 0.717) is 17.9 Å². The first-order chi connectivity index (χ1) is 18.3. The van der Waals surface area contributed by atoms with E-state index in [1.807, 2.05) is 44.2 Å². The summed E-state index contributed by atoms with van der Waals surface area (Å²) < 4.78 is 29.0. The largest absolute Gasteiger partial charge is 0.497 e. The Hall–Kier alpha value is -4.19. The van der Waals surface area contributed by atoms with Gasteiger partial charge in [0.25, 0.3) is 0 Å². The number of carbonyl (C=O) groups is 1. The number of allylic oxidation sites excluding steroid dienone is 1. The lowest BCUT2D eigenvalue weighted by atomic mass is 9.86. The van der Waals surface area contributed by atoms with Gasteiger partial charge in [-0.05, 0) is 86.5 Å². The molecule has 0 spiro atoms. The van der Waals surface area contributed by atoms with Gasteiger partial charge < -0.3 is 23.7 Å². The third-order valence-corrected chi connectivity index (χ3v) is 6.95. The monoisotopic (exact) mass is 512 g/mol. The Labute approximate surface area is 223 Å². The molecular formula is C32H32O6. The van der Waals surface area contributed by atoms with Crippen LogP contribution in [0.15, 0.2) is 60.7 Å². The highest BCUT2D eigenvalue weighted by Gasteiger charge is 2.32. The number of ketones is 1. The first-order valence-corrected chi connectivity index (χ1v) is 12.6. The van der Waals surface area contributed by atoms with Crippen molar-refractivity contribution in [2.24, 2.45) is 0 Å². The van der Waals surface area contributed by atoms with Crippen LogP contribution < -0.4 is 23.7 Å². The Morgan fingerprint density at radius 1 is 0.947 bits per heavy atom. The molecule has 0 saturated heterocycles. The Kier molecular flexibility index (Phi) is 6.89. The number of hydrogen-bond acceptors (Lipinski definition) is 6. The lowest BCUT2D eigenvalue weighted by molar-refractivity contribution is 0.104. The molecule has 0 unspecified atom stereocenters. The van der Waals surface area contributed by atoms with Crippen molar-refractivity contribution in [3.8, 4) is 28.7 Å². The van der Waals surface area contributed by atoms with Crippen LogP contribution in [0, 0.1) is 0 Å². The maximum atomic E-state index is 12.9. The second kappa shape index (κ2) is 10.3. The molecule has 3 aromatic rings. The van der Waals surface area contributed by atoms with Crippen LogP contribution in [-0.4, -0.2) is 39.3 Å². The summed E-state index contributed by atoms with van der Waals surface area (Å²) in [6, 6.07) is 15.0. The molecule has 0 aromatic heterocycles. The van der Waals surface area contributed by atoms with Gasteiger partial charge >= 0.3 is 0 Å². The molecule has 0 aliphatic carbocycles. The van der Waals surface area contributed by atoms with Crippen LogP contribution in [0.2, 0.25) is 0 Å². The average molecular weight is 513 g/mol. The van der Waals surface area contributed by atoms with Crippen molar-refractivity contribution in [1.29, 1.82) is 0 Å². The van der Waals surface area contributed by atoms with Gasteiger partial charge in [-0.1, -0.05) is 6.07 Å². The molecule has 0 radical (unpaired) electrons. The highest BCUT2D eigenvalue weighted by Crippen LogP contribution is 2.46. The predicted octanol–water partition coefficient (Wildman–Crippen LogP) is 6.51. The SMILES string of the molecule is COc1ccc(C(=O)/C=C/c2cc3c(c4c2OC(C)(C)C=C4)OC[C@@H](c2ccc(OC)cc2OC)C3)cc1. The van der Waals surface area contributed by atoms with Gasteiger partial charge in [0.05, 0.1) is 33.5 Å². The molecule has 38 heavy (non-hydrogen) atoms. The van der Waals surface area contributed by atoms with E-state index in [4.69, 9.17) is 23.7 Å². The maximum absolute atomic E-state index is 12.9. The van der Waals surface area contributed by atoms with Crippen LogP contribution in [-0.2, 0) is 6.42 Å². The Bertz CT molecular complexity index is 1410. The van der Waals surface area contributed by atoms with E-state index in [1.54, 1.807) is 51.7 Å². The highest BCUT2D eigenvalue weighted by molar-refractivity contribution is 6.07. The van der Waals surface area contributed by atoms with E-state index < -0.39 is 5.60 Å². The summed E-state index contributed by atoms with van der Waals surface area (Å²) in [5, 5.41) is 0. The molecule has 3 aromatic carbocycles. The quantitative estimate of drug-likeness (QED) is 0.266. The van der Waals surface area contributed by atoms with Crippen LogP contribution >= 0.6 is 0 Å². The smallest absolute Gasteiger partial charge is 0.185 e. The van der Waals surface area contributed by atoms with E-state index in [2.05, 4.69) is 12.1 Å². The van der Waals surface area contributed by atoms with Crippen molar-refractivity contribution in [2.45, 2.75) is 31.8 Å². The predicted molar refractivity (Wildman–Crippen MR) is 148 cm³/mol. The zero-order valence-corrected chi connectivity index (χ0v) is 22.4. The Morgan fingerprint density at radius 3 is 2.39 bits per heavy atom. The summed E-state index contributed by atoms with van der Waals surface area (Å²) in [4.78, 5) is 12.9. The number of fused-ring (bicyclic) bond motifs is 3. The molecule has 0 amide bonds. The summed E-state index contributed by atoms with van der Waals surface area (Å²) >= 11 is 0. The number of methoxy groups -OCH3 is 3. The van der Waals surface area contributed by atoms with Gasteiger partial charge in [-0.3, -0.25) is 4.79 Å². The van der Waals surface area contributed by atoms with E-state index in [0.717, 1.165) is 51.7 Å². The molecule has 2 aliphatic rings. The van der Waals surface area contributed by atoms with E-state index in [1.165, 1.54) is 0 Å². The summed E-state index contributed by atoms with van der Waals surface area (Å²) in [5.41, 5.74) is 3.98. The number of ether oxygens (including phenoxy) is 5. The number of hydrogen-bond donors (Lipinski definition) is 0. The molecule has 2 heterocycles. The molecule has 5 rings (SSSR count). The summed E-state index contributed by atoms with van der Waals surface area (Å²) in [6.07, 6.45) is 8.28. The van der Waals surface area contributed by atoms with Crippen LogP contribution in [0.25, 0.3) is 12.2 Å². The first-order valence-electron chi connectivity index (χ1n) is 12.6. The molecule has 6 heteroatoms. The van der Waals surface area contributed by atoms with E-state index >= 15 is 0 Å². The molecule has 6 nitrogen and oxygen atoms in total. The standard InChI is InChI=1S/C32H32O6/c1-32(2)15-14-27-30-22(17-23(19-37-30)26-12-11-25(35-4)18-29(26)36-5)16-21(31(27)38-32)8-13-28(33)20-6-9-24(34-3)10-7-20/h6-16,18,23H,17,19H2,1-5H3/b13-8+/t23-/m0/s1. The van der Waals surface area contributed by atoms with Gasteiger partial charge in [-0.2, -0.15) is 0 Å². The molecule has 2 aliphatic heterocycles. The zero-order chi connectivity index (χ0) is 26.9. The second-order valence-electron chi connectivity index (χ2n) is 9.98. The molecular weight excluding hydrogens is 480 g/mol. The number of benzene rings is 3. The Morgan fingerprint density at radius 2 is 1.68 bits per heavy atom. The lowest BCUT2D eigenvalue weighted by Gasteiger charge is -2.34. The Balaban J connectivity index is 1.51. The van der Waals surface area contributed by atoms with Gasteiger partial charge in [0.1, 0.15) is 34.3 Å². The third kappa shape index (κ3) is 4.99. The minimum Gasteiger partial charge on any atom is -0.497 e. The molecule has 0 N–H and O–H groups in total. The normalized spacial score (nSPS) is 17.1. The van der Waals surface area contributed by atoms with Crippen molar-refractivity contribution < 1.29 is 28.5 Å². The molecule has 0 saturated carbocycles. The maximum Gasteiger partial charge on any atom is 0.185 e. The fourth-order valence-electron chi connectivity index (χ4n) is 4.92. The molecule has 1 atom stereocenters. The van der Waals surface area contributed by atoms with Crippen LogP contribution in [0.1, 0.15) is 52.4 Å². The van der Waals surface area contributed by atoms with E-state index in [9.17, 15) is 4.79 Å². The summed E-state index contributed by atoms with van der Waals surface area (Å²) in [5.74, 6) is 3.78. The molecule has 0 bridgehead atoms. The minimum atomic E-state index is -0.475. The first kappa shape index (κ1) is 25.5. The van der Waals surface area contributed by atoms with Gasteiger partial charge in [0.15, 0.2) is 5.78 Å². The van der Waals surface area contributed by atoms with Gasteiger partial charge in [0.2, 0.25) is 0 Å². The summed E-state index contributed by atoms with van der Waals surface area (Å²) in [7, 11) is 4.91. The van der Waals surface area contributed by atoms with Crippen molar-refractivity contribution >= 4 is 17.9 Å². The van der Waals surface area contributed by atoms with Crippen LogP contribution in [0.4, 0.5) is 0 Å². The zero-order valence-electron chi connectivity index (χ0n) is 22.4. The van der Waals surface area contributed by atoms with Crippen molar-refractivity contribution in [2.75, 3.05) is 27.9 Å². The molecule has 196 valence electrons. The van der Waals surface area contributed by atoms with Crippen molar-refractivity contribution in [1.82, 2.24) is 0 Å². The topological polar surface area (TPSA) is 63.2 Å². The summed E-state index contributed by atoms with van der Waals surface area (Å²) in [6.45, 7) is 4.54. The fourth-order valence-corrected chi connectivity index (χ4v) is 4.92. The van der Waals surface area contributed by atoms with Crippen LogP contribution in [0.3, 0.4) is 0 Å². The minimum absolute atomic E-state index is 0.0955. The third-order valence-electron chi connectivity index (χ3n) is 6.95. The number of rotatable bonds is 7. The second-order valence-corrected chi connectivity index (χ2v) is 9.98. The van der Waals surface area contributed by atoms with Gasteiger partial charge in [-0.15, -0.1) is 0 Å². The number of carbonyl (C=O) groups excluding carboxylic acids is 1. The fraction of sp³-hybridized carbons (Fsp3) is 0.281.